The Morgan fingerprint density at radius 2 is 1.44 bits per heavy atom. The van der Waals surface area contributed by atoms with Crippen LogP contribution in [0.25, 0.3) is 55.7 Å². The third kappa shape index (κ3) is 13.5. The van der Waals surface area contributed by atoms with Crippen LogP contribution in [0.15, 0.2) is 114 Å². The average molecular weight is 1090 g/mol. The molecule has 0 spiro atoms. The van der Waals surface area contributed by atoms with Gasteiger partial charge in [-0.3, -0.25) is 15.1 Å². The van der Waals surface area contributed by atoms with Crippen LogP contribution >= 0.6 is 15.9 Å². The van der Waals surface area contributed by atoms with Crippen molar-refractivity contribution < 1.29 is 33.1 Å². The number of hydrogen-bond acceptors (Lipinski definition) is 14. The van der Waals surface area contributed by atoms with Gasteiger partial charge in [0.15, 0.2) is 6.23 Å². The van der Waals surface area contributed by atoms with E-state index in [1.54, 1.807) is 30.9 Å². The van der Waals surface area contributed by atoms with E-state index < -0.39 is 18.5 Å². The summed E-state index contributed by atoms with van der Waals surface area (Å²) in [7, 11) is -1.59. The van der Waals surface area contributed by atoms with Gasteiger partial charge in [0.05, 0.1) is 35.8 Å². The molecule has 0 bridgehead atoms. The van der Waals surface area contributed by atoms with Crippen LogP contribution in [-0.2, 0) is 9.47 Å². The molecule has 75 heavy (non-hydrogen) atoms. The fourth-order valence-corrected chi connectivity index (χ4v) is 9.62. The van der Waals surface area contributed by atoms with Gasteiger partial charge in [-0.25, -0.2) is 28.2 Å². The summed E-state index contributed by atoms with van der Waals surface area (Å²) in [5.74, 6) is 0.932. The lowest BCUT2D eigenvalue weighted by Gasteiger charge is -2.33. The molecule has 4 aromatic heterocycles. The maximum absolute atomic E-state index is 13.6. The largest absolute Gasteiger partial charge is 0.488 e. The molecule has 1 atom stereocenters. The highest BCUT2D eigenvalue weighted by molar-refractivity contribution is 9.10. The number of aromatic nitrogens is 8. The minimum Gasteiger partial charge on any atom is -0.444 e. The molecule has 3 aliphatic rings. The molecular weight excluding hydrogens is 1030 g/mol. The van der Waals surface area contributed by atoms with E-state index in [2.05, 4.69) is 63.3 Å². The van der Waals surface area contributed by atoms with Crippen molar-refractivity contribution in [1.82, 2.24) is 45.2 Å². The van der Waals surface area contributed by atoms with E-state index in [9.17, 15) is 13.6 Å². The van der Waals surface area contributed by atoms with Crippen LogP contribution in [-0.4, -0.2) is 114 Å². The first-order chi connectivity index (χ1) is 36.1. The minimum atomic E-state index is -1.59. The highest BCUT2D eigenvalue weighted by Crippen LogP contribution is 2.35. The Morgan fingerprint density at radius 3 is 2.07 bits per heavy atom. The first-order valence-corrected chi connectivity index (χ1v) is 26.0. The molecule has 7 heterocycles. The lowest BCUT2D eigenvalue weighted by atomic mass is 9.80. The standard InChI is InChI=1S/C26H33BrN6O3.C22H21FN6.C6H6BFO2/c1-26(2,3)36-25(34)29-18-9-11-32(12-10-18)22-16-28-15-20(30-22)24-19-14-17(27)7-8-21(19)33(31-24)23-6-4-5-13-35-23;23-16-3-1-2-14(10-16)15-4-5-19-18(11-15)22(28-27-19)20-12-25-13-21(26-20)29-8-6-17(24)7-9-29;8-6-3-1-2-5(4-6)7(9)10/h7-8,14-16,18,23H,4-6,9-13H2,1-3H3,(H,29,34);1-5,10-13,17H,6-9,24H2,(H,27,28);1-4,9-10H. The molecule has 6 N–H and O–H groups in total. The Balaban J connectivity index is 0.000000157. The molecule has 0 radical (unpaired) electrons. The number of H-pyrrole nitrogens is 1. The number of nitrogens with two attached hydrogens (primary N) is 1. The van der Waals surface area contributed by atoms with E-state index in [1.165, 1.54) is 30.3 Å². The van der Waals surface area contributed by atoms with Crippen molar-refractivity contribution in [2.45, 2.75) is 89.6 Å². The normalized spacial score (nSPS) is 16.5. The van der Waals surface area contributed by atoms with Crippen molar-refractivity contribution in [3.05, 3.63) is 126 Å². The molecule has 3 fully saturated rings. The molecule has 390 valence electrons. The molecule has 3 aliphatic heterocycles. The minimum absolute atomic E-state index is 0.0659. The van der Waals surface area contributed by atoms with E-state index in [-0.39, 0.29) is 35.7 Å². The smallest absolute Gasteiger partial charge is 0.444 e. The highest BCUT2D eigenvalue weighted by atomic mass is 79.9. The topological polar surface area (TPSA) is 219 Å². The van der Waals surface area contributed by atoms with Crippen molar-refractivity contribution in [2.75, 3.05) is 42.6 Å². The van der Waals surface area contributed by atoms with Gasteiger partial charge in [-0.1, -0.05) is 46.3 Å². The number of halogens is 3. The summed E-state index contributed by atoms with van der Waals surface area (Å²) in [6.45, 7) is 9.67. The summed E-state index contributed by atoms with van der Waals surface area (Å²) < 4.78 is 40.4. The number of piperidine rings is 2. The van der Waals surface area contributed by atoms with Crippen molar-refractivity contribution >= 4 is 68.0 Å². The van der Waals surface area contributed by atoms with Crippen LogP contribution in [0.3, 0.4) is 0 Å². The van der Waals surface area contributed by atoms with Crippen molar-refractivity contribution in [1.29, 1.82) is 0 Å². The number of benzene rings is 4. The Bertz CT molecular complexity index is 3230. The van der Waals surface area contributed by atoms with Gasteiger partial charge in [0, 0.05) is 60.1 Å². The Kier molecular flexibility index (Phi) is 16.8. The highest BCUT2D eigenvalue weighted by Gasteiger charge is 2.27. The quantitative estimate of drug-likeness (QED) is 0.0900. The van der Waals surface area contributed by atoms with Crippen molar-refractivity contribution in [3.63, 3.8) is 0 Å². The first-order valence-electron chi connectivity index (χ1n) is 25.2. The van der Waals surface area contributed by atoms with E-state index in [0.29, 0.717) is 5.69 Å². The predicted molar refractivity (Wildman–Crippen MR) is 290 cm³/mol. The number of alkyl carbamates (subject to hydrolysis) is 1. The summed E-state index contributed by atoms with van der Waals surface area (Å²) in [4.78, 5) is 35.2. The second-order valence-electron chi connectivity index (χ2n) is 19.8. The molecule has 8 aromatic rings. The molecule has 1 unspecified atom stereocenters. The Hall–Kier alpha value is -6.91. The summed E-state index contributed by atoms with van der Waals surface area (Å²) >= 11 is 3.61. The van der Waals surface area contributed by atoms with Gasteiger partial charge in [0.2, 0.25) is 0 Å². The van der Waals surface area contributed by atoms with Gasteiger partial charge in [-0.15, -0.1) is 0 Å². The number of carbonyl (C=O) groups excluding carboxylic acids is 1. The second-order valence-corrected chi connectivity index (χ2v) is 20.7. The zero-order valence-corrected chi connectivity index (χ0v) is 43.6. The zero-order valence-electron chi connectivity index (χ0n) is 42.0. The first kappa shape index (κ1) is 52.9. The van der Waals surface area contributed by atoms with Gasteiger partial charge < -0.3 is 40.4 Å². The van der Waals surface area contributed by atoms with Crippen molar-refractivity contribution in [3.8, 4) is 33.9 Å². The summed E-state index contributed by atoms with van der Waals surface area (Å²) in [5.41, 5.74) is 12.3. The molecule has 3 saturated heterocycles. The van der Waals surface area contributed by atoms with Crippen LogP contribution in [0, 0.1) is 11.6 Å². The fraction of sp³-hybridized carbons (Fsp3) is 0.352. The van der Waals surface area contributed by atoms with Gasteiger partial charge in [-0.2, -0.15) is 10.2 Å². The number of anilines is 2. The fourth-order valence-electron chi connectivity index (χ4n) is 9.26. The predicted octanol–water partition coefficient (Wildman–Crippen LogP) is 8.71. The molecule has 17 nitrogen and oxygen atoms in total. The summed E-state index contributed by atoms with van der Waals surface area (Å²) in [6.07, 6.45) is 13.4. The van der Waals surface area contributed by atoms with Gasteiger partial charge in [-0.05, 0) is 137 Å². The maximum atomic E-state index is 13.6. The van der Waals surface area contributed by atoms with E-state index >= 15 is 0 Å². The molecule has 21 heteroatoms. The van der Waals surface area contributed by atoms with E-state index in [1.807, 2.05) is 55.8 Å². The number of amides is 1. The Labute approximate surface area is 442 Å². The lowest BCUT2D eigenvalue weighted by Crippen LogP contribution is -2.46. The number of ether oxygens (including phenoxy) is 2. The van der Waals surface area contributed by atoms with Gasteiger partial charge in [0.25, 0.3) is 0 Å². The van der Waals surface area contributed by atoms with Crippen LogP contribution in [0.5, 0.6) is 0 Å². The number of hydrogen-bond donors (Lipinski definition) is 5. The molecule has 1 amide bonds. The third-order valence-electron chi connectivity index (χ3n) is 13.1. The van der Waals surface area contributed by atoms with E-state index in [4.69, 9.17) is 40.3 Å². The van der Waals surface area contributed by atoms with Gasteiger partial charge >= 0.3 is 13.2 Å². The number of carbonyl (C=O) groups is 1. The Morgan fingerprint density at radius 1 is 0.787 bits per heavy atom. The van der Waals surface area contributed by atoms with Crippen LogP contribution in [0.1, 0.15) is 71.9 Å². The molecular formula is C54H60BBrF2N12O5. The molecule has 4 aromatic carbocycles. The zero-order chi connectivity index (χ0) is 52.6. The summed E-state index contributed by atoms with van der Waals surface area (Å²) in [6, 6.07) is 24.2. The number of fused-ring (bicyclic) bond motifs is 2. The second kappa shape index (κ2) is 23.7. The molecule has 11 rings (SSSR count). The summed E-state index contributed by atoms with van der Waals surface area (Å²) in [5, 5.41) is 34.5. The van der Waals surface area contributed by atoms with Crippen LogP contribution in [0.4, 0.5) is 25.2 Å². The van der Waals surface area contributed by atoms with Crippen LogP contribution < -0.4 is 26.3 Å². The number of rotatable bonds is 8. The third-order valence-corrected chi connectivity index (χ3v) is 13.6. The average Bonchev–Trinajstić information content (AvgIpc) is 4.01. The number of nitrogens with one attached hydrogen (secondary N) is 2. The maximum Gasteiger partial charge on any atom is 0.488 e. The van der Waals surface area contributed by atoms with Crippen molar-refractivity contribution in [2.24, 2.45) is 5.73 Å². The lowest BCUT2D eigenvalue weighted by molar-refractivity contribution is -0.0365. The van der Waals surface area contributed by atoms with Gasteiger partial charge in [0.1, 0.15) is 51.6 Å². The SMILES string of the molecule is CC(C)(C)OC(=O)NC1CCN(c2cncc(-c3nn(C4CCCCO4)c4ccc(Br)cc34)n2)CC1.NC1CCN(c2cncc(-c3n[nH]c4ccc(-c5cccc(F)c5)cc34)n2)CC1.OB(O)c1cccc(F)c1. The molecule has 0 saturated carbocycles. The monoisotopic (exact) mass is 1080 g/mol. The number of nitrogens with zero attached hydrogens (tertiary/aromatic N) is 9. The van der Waals surface area contributed by atoms with Crippen LogP contribution in [0.2, 0.25) is 0 Å². The molecule has 0 aliphatic carbocycles. The van der Waals surface area contributed by atoms with E-state index in [0.717, 1.165) is 150 Å². The number of aromatic amines is 1.